The molecule has 0 spiro atoms. The second kappa shape index (κ2) is 4.75. The Morgan fingerprint density at radius 3 is 2.71 bits per heavy atom. The Bertz CT molecular complexity index is 384. The van der Waals surface area contributed by atoms with E-state index in [1.165, 1.54) is 11.3 Å². The van der Waals surface area contributed by atoms with Crippen LogP contribution in [0.3, 0.4) is 0 Å². The molecule has 6 heteroatoms. The molecule has 0 aliphatic heterocycles. The minimum atomic E-state index is -3.31. The monoisotopic (exact) mass is 233 g/mol. The highest BCUT2D eigenvalue weighted by atomic mass is 32.2. The van der Waals surface area contributed by atoms with Crippen LogP contribution in [0.4, 0.5) is 5.13 Å². The first-order chi connectivity index (χ1) is 6.57. The molecule has 0 unspecified atom stereocenters. The average molecular weight is 233 g/mol. The number of rotatable bonds is 5. The fourth-order valence-electron chi connectivity index (χ4n) is 0.925. The zero-order chi connectivity index (χ0) is 10.6. The van der Waals surface area contributed by atoms with E-state index in [-0.39, 0.29) is 5.75 Å². The minimum absolute atomic E-state index is 0.0913. The van der Waals surface area contributed by atoms with Gasteiger partial charge in [-0.2, -0.15) is 0 Å². The minimum Gasteiger partial charge on any atom is -0.226 e. The van der Waals surface area contributed by atoms with Crippen molar-refractivity contribution in [1.82, 2.24) is 9.71 Å². The molecular formula is C8H13N2O2S2. The molecule has 0 aliphatic rings. The van der Waals surface area contributed by atoms with Gasteiger partial charge in [0.25, 0.3) is 10.0 Å². The molecule has 0 saturated heterocycles. The van der Waals surface area contributed by atoms with Crippen molar-refractivity contribution in [3.05, 3.63) is 11.1 Å². The maximum Gasteiger partial charge on any atom is 0.255 e. The van der Waals surface area contributed by atoms with E-state index in [0.29, 0.717) is 11.6 Å². The van der Waals surface area contributed by atoms with Crippen LogP contribution in [-0.2, 0) is 16.4 Å². The first-order valence-electron chi connectivity index (χ1n) is 4.47. The lowest BCUT2D eigenvalue weighted by molar-refractivity contribution is 0.589. The van der Waals surface area contributed by atoms with E-state index in [4.69, 9.17) is 0 Å². The molecule has 0 fully saturated rings. The first kappa shape index (κ1) is 11.5. The van der Waals surface area contributed by atoms with Crippen molar-refractivity contribution in [1.29, 1.82) is 0 Å². The van der Waals surface area contributed by atoms with Gasteiger partial charge in [-0.1, -0.05) is 25.2 Å². The van der Waals surface area contributed by atoms with Gasteiger partial charge in [0.15, 0.2) is 0 Å². The summed E-state index contributed by atoms with van der Waals surface area (Å²) in [5.74, 6) is 0.0913. The van der Waals surface area contributed by atoms with Crippen LogP contribution in [0.2, 0.25) is 0 Å². The molecule has 1 heterocycles. The van der Waals surface area contributed by atoms with Gasteiger partial charge in [0.1, 0.15) is 0 Å². The Hall–Kier alpha value is -0.620. The van der Waals surface area contributed by atoms with E-state index in [9.17, 15) is 8.42 Å². The smallest absolute Gasteiger partial charge is 0.226 e. The predicted molar refractivity (Wildman–Crippen MR) is 57.4 cm³/mol. The quantitative estimate of drug-likeness (QED) is 0.777. The van der Waals surface area contributed by atoms with Crippen LogP contribution in [0.25, 0.3) is 0 Å². The second-order valence-electron chi connectivity index (χ2n) is 2.84. The second-order valence-corrected chi connectivity index (χ2v) is 5.69. The predicted octanol–water partition coefficient (Wildman–Crippen LogP) is 1.68. The largest absolute Gasteiger partial charge is 0.255 e. The summed E-state index contributed by atoms with van der Waals surface area (Å²) in [6.45, 7) is 3.81. The molecule has 1 aromatic heterocycles. The van der Waals surface area contributed by atoms with Crippen LogP contribution in [0.5, 0.6) is 0 Å². The fraction of sp³-hybridized carbons (Fsp3) is 0.625. The van der Waals surface area contributed by atoms with Crippen LogP contribution < -0.4 is 4.72 Å². The van der Waals surface area contributed by atoms with Crippen LogP contribution >= 0.6 is 11.3 Å². The van der Waals surface area contributed by atoms with E-state index in [2.05, 4.69) is 9.71 Å². The Labute approximate surface area is 88.4 Å². The van der Waals surface area contributed by atoms with Gasteiger partial charge in [-0.05, 0) is 12.8 Å². The van der Waals surface area contributed by atoms with E-state index >= 15 is 0 Å². The Morgan fingerprint density at radius 2 is 2.21 bits per heavy atom. The summed E-state index contributed by atoms with van der Waals surface area (Å²) in [6.07, 6.45) is 3.11. The highest BCUT2D eigenvalue weighted by Crippen LogP contribution is 2.19. The lowest BCUT2D eigenvalue weighted by atomic mass is 10.4. The van der Waals surface area contributed by atoms with Gasteiger partial charge in [0.2, 0.25) is 5.13 Å². The Morgan fingerprint density at radius 1 is 1.50 bits per heavy atom. The van der Waals surface area contributed by atoms with Gasteiger partial charge in [0, 0.05) is 11.1 Å². The van der Waals surface area contributed by atoms with Gasteiger partial charge < -0.3 is 0 Å². The van der Waals surface area contributed by atoms with Gasteiger partial charge in [0.05, 0.1) is 5.75 Å². The number of nitrogens with zero attached hydrogens (tertiary/aromatic N) is 2. The highest BCUT2D eigenvalue weighted by molar-refractivity contribution is 7.89. The molecule has 0 aromatic carbocycles. The van der Waals surface area contributed by atoms with Gasteiger partial charge >= 0.3 is 0 Å². The molecular weight excluding hydrogens is 220 g/mol. The maximum atomic E-state index is 11.3. The lowest BCUT2D eigenvalue weighted by Crippen LogP contribution is -2.14. The Balaban J connectivity index is 2.69. The summed E-state index contributed by atoms with van der Waals surface area (Å²) in [4.78, 5) is 4.98. The molecule has 79 valence electrons. The summed E-state index contributed by atoms with van der Waals surface area (Å²) < 4.78 is 26.2. The van der Waals surface area contributed by atoms with Crippen molar-refractivity contribution in [3.63, 3.8) is 0 Å². The van der Waals surface area contributed by atoms with E-state index in [0.717, 1.165) is 11.3 Å². The number of aryl methyl sites for hydroxylation is 1. The molecule has 0 bridgehead atoms. The summed E-state index contributed by atoms with van der Waals surface area (Å²) in [7, 11) is -3.31. The average Bonchev–Trinajstić information content (AvgIpc) is 2.51. The van der Waals surface area contributed by atoms with E-state index in [1.807, 2.05) is 13.8 Å². The van der Waals surface area contributed by atoms with Gasteiger partial charge in [-0.25, -0.2) is 13.4 Å². The van der Waals surface area contributed by atoms with Crippen LogP contribution in [0.1, 0.15) is 25.1 Å². The lowest BCUT2D eigenvalue weighted by Gasteiger charge is -1.97. The van der Waals surface area contributed by atoms with E-state index in [1.54, 1.807) is 6.20 Å². The van der Waals surface area contributed by atoms with Crippen molar-refractivity contribution in [2.45, 2.75) is 26.7 Å². The summed E-state index contributed by atoms with van der Waals surface area (Å²) in [5.41, 5.74) is 0. The van der Waals surface area contributed by atoms with E-state index < -0.39 is 10.0 Å². The molecule has 1 radical (unpaired) electrons. The number of hydrogen-bond donors (Lipinski definition) is 0. The molecule has 4 nitrogen and oxygen atoms in total. The number of sulfonamides is 1. The molecule has 0 saturated carbocycles. The van der Waals surface area contributed by atoms with Crippen molar-refractivity contribution in [2.75, 3.05) is 5.75 Å². The highest BCUT2D eigenvalue weighted by Gasteiger charge is 2.13. The standard InChI is InChI=1S/C8H13N2O2S2/c1-3-5-14(11,12)10-8-9-6-7(4-2)13-8/h6H,3-5H2,1-2H3. The normalized spacial score (nSPS) is 11.6. The number of aromatic nitrogens is 1. The zero-order valence-corrected chi connectivity index (χ0v) is 9.86. The van der Waals surface area contributed by atoms with Crippen LogP contribution in [-0.4, -0.2) is 19.2 Å². The summed E-state index contributed by atoms with van der Waals surface area (Å²) in [5, 5.41) is 0.343. The Kier molecular flexibility index (Phi) is 3.88. The number of thiazole rings is 1. The van der Waals surface area contributed by atoms with Crippen molar-refractivity contribution < 1.29 is 8.42 Å². The van der Waals surface area contributed by atoms with Crippen LogP contribution in [0.15, 0.2) is 6.20 Å². The zero-order valence-electron chi connectivity index (χ0n) is 8.23. The topological polar surface area (TPSA) is 61.1 Å². The number of hydrogen-bond acceptors (Lipinski definition) is 4. The molecule has 0 aliphatic carbocycles. The van der Waals surface area contributed by atoms with Gasteiger partial charge in [-0.3, -0.25) is 0 Å². The third-order valence-electron chi connectivity index (χ3n) is 1.57. The molecule has 1 rings (SSSR count). The first-order valence-corrected chi connectivity index (χ1v) is 6.90. The van der Waals surface area contributed by atoms with Crippen molar-refractivity contribution in [2.24, 2.45) is 0 Å². The van der Waals surface area contributed by atoms with Crippen LogP contribution in [0, 0.1) is 0 Å². The SMILES string of the molecule is CCCS(=O)(=O)[N]c1ncc(CC)s1. The van der Waals surface area contributed by atoms with Gasteiger partial charge in [-0.15, -0.1) is 4.72 Å². The summed E-state index contributed by atoms with van der Waals surface area (Å²) in [6, 6.07) is 0. The summed E-state index contributed by atoms with van der Waals surface area (Å²) >= 11 is 1.33. The maximum absolute atomic E-state index is 11.3. The van der Waals surface area contributed by atoms with Crippen molar-refractivity contribution >= 4 is 26.5 Å². The third kappa shape index (κ3) is 3.26. The molecule has 0 amide bonds. The fourth-order valence-corrected chi connectivity index (χ4v) is 2.90. The van der Waals surface area contributed by atoms with Crippen molar-refractivity contribution in [3.8, 4) is 0 Å². The molecule has 0 atom stereocenters. The molecule has 0 N–H and O–H groups in total. The molecule has 1 aromatic rings. The molecule has 14 heavy (non-hydrogen) atoms. The third-order valence-corrected chi connectivity index (χ3v) is 4.10.